The zero-order valence-corrected chi connectivity index (χ0v) is 23.0. The van der Waals surface area contributed by atoms with Crippen molar-refractivity contribution < 1.29 is 12.9 Å². The van der Waals surface area contributed by atoms with Gasteiger partial charge in [-0.05, 0) is 62.6 Å². The lowest BCUT2D eigenvalue weighted by Gasteiger charge is -2.22. The van der Waals surface area contributed by atoms with Gasteiger partial charge in [-0.25, -0.2) is 8.42 Å². The second-order valence-corrected chi connectivity index (χ2v) is 11.0. The molecule has 0 saturated carbocycles. The maximum absolute atomic E-state index is 13.5. The van der Waals surface area contributed by atoms with E-state index >= 15 is 0 Å². The Labute approximate surface area is 216 Å². The van der Waals surface area contributed by atoms with Crippen LogP contribution in [0.4, 0.5) is 5.82 Å². The Morgan fingerprint density at radius 3 is 2.42 bits per heavy atom. The third-order valence-electron chi connectivity index (χ3n) is 6.90. The van der Waals surface area contributed by atoms with Crippen LogP contribution in [0.25, 0.3) is 11.1 Å². The summed E-state index contributed by atoms with van der Waals surface area (Å²) in [4.78, 5) is 0.203. The molecular weight excluding hydrogens is 470 g/mol. The molecule has 3 aromatic rings. The fraction of sp³-hybridized carbons (Fsp3) is 0.414. The van der Waals surface area contributed by atoms with Gasteiger partial charge < -0.3 is 9.84 Å². The molecule has 0 aliphatic rings. The molecule has 2 N–H and O–H groups in total. The van der Waals surface area contributed by atoms with Crippen molar-refractivity contribution in [2.75, 3.05) is 11.8 Å². The summed E-state index contributed by atoms with van der Waals surface area (Å²) < 4.78 is 34.7. The number of anilines is 1. The number of hydrogen-bond donors (Lipinski definition) is 2. The molecule has 1 atom stereocenters. The number of unbranched alkanes of at least 4 members (excludes halogenated alkanes) is 3. The molecule has 2 aromatic carbocycles. The van der Waals surface area contributed by atoms with Gasteiger partial charge in [0.05, 0.1) is 4.90 Å². The van der Waals surface area contributed by atoms with Crippen molar-refractivity contribution in [3.05, 3.63) is 77.1 Å². The van der Waals surface area contributed by atoms with Crippen LogP contribution in [0.2, 0.25) is 0 Å². The number of sulfonamides is 1. The van der Waals surface area contributed by atoms with Gasteiger partial charge >= 0.3 is 0 Å². The van der Waals surface area contributed by atoms with Crippen molar-refractivity contribution in [1.82, 2.24) is 10.5 Å². The summed E-state index contributed by atoms with van der Waals surface area (Å²) in [6, 6.07) is 11.3. The molecule has 1 unspecified atom stereocenters. The number of allylic oxidation sites excluding steroid dienone is 1. The van der Waals surface area contributed by atoms with Crippen LogP contribution < -0.4 is 10.0 Å². The van der Waals surface area contributed by atoms with Crippen LogP contribution in [-0.4, -0.2) is 20.6 Å². The van der Waals surface area contributed by atoms with Crippen LogP contribution in [0.15, 0.2) is 58.5 Å². The molecule has 0 spiro atoms. The summed E-state index contributed by atoms with van der Waals surface area (Å²) in [6.45, 7) is 12.6. The Balaban J connectivity index is 2.05. The summed E-state index contributed by atoms with van der Waals surface area (Å²) in [7, 11) is -2.00. The Morgan fingerprint density at radius 1 is 1.03 bits per heavy atom. The highest BCUT2D eigenvalue weighted by Gasteiger charge is 2.24. The summed E-state index contributed by atoms with van der Waals surface area (Å²) in [5.41, 5.74) is 5.73. The van der Waals surface area contributed by atoms with E-state index in [1.165, 1.54) is 36.8 Å². The smallest absolute Gasteiger partial charge is 0.263 e. The summed E-state index contributed by atoms with van der Waals surface area (Å²) in [5, 5.41) is 7.16. The molecule has 0 amide bonds. The molecule has 1 heterocycles. The van der Waals surface area contributed by atoms with Gasteiger partial charge in [-0.2, -0.15) is 0 Å². The average Bonchev–Trinajstić information content (AvgIpc) is 3.17. The van der Waals surface area contributed by atoms with Gasteiger partial charge in [-0.15, -0.1) is 6.58 Å². The van der Waals surface area contributed by atoms with Gasteiger partial charge in [0.25, 0.3) is 10.0 Å². The first-order valence-electron chi connectivity index (χ1n) is 12.7. The molecular formula is C29H39N3O3S. The van der Waals surface area contributed by atoms with Crippen LogP contribution in [0, 0.1) is 20.8 Å². The maximum atomic E-state index is 13.5. The van der Waals surface area contributed by atoms with Crippen molar-refractivity contribution in [3.8, 4) is 11.1 Å². The van der Waals surface area contributed by atoms with E-state index in [2.05, 4.69) is 47.8 Å². The molecule has 194 valence electrons. The van der Waals surface area contributed by atoms with E-state index in [0.717, 1.165) is 17.5 Å². The molecule has 3 rings (SSSR count). The summed E-state index contributed by atoms with van der Waals surface area (Å²) >= 11 is 0. The Hall–Kier alpha value is -2.90. The van der Waals surface area contributed by atoms with Gasteiger partial charge in [-0.1, -0.05) is 74.2 Å². The van der Waals surface area contributed by atoms with E-state index in [1.807, 2.05) is 25.3 Å². The highest BCUT2D eigenvalue weighted by molar-refractivity contribution is 7.92. The van der Waals surface area contributed by atoms with E-state index < -0.39 is 10.0 Å². The third-order valence-corrected chi connectivity index (χ3v) is 8.30. The van der Waals surface area contributed by atoms with Crippen molar-refractivity contribution in [2.45, 2.75) is 77.2 Å². The first kappa shape index (κ1) is 27.7. The maximum Gasteiger partial charge on any atom is 0.263 e. The number of nitrogens with zero attached hydrogens (tertiary/aromatic N) is 1. The number of rotatable bonds is 13. The second-order valence-electron chi connectivity index (χ2n) is 9.34. The predicted octanol–water partition coefficient (Wildman–Crippen LogP) is 7.03. The van der Waals surface area contributed by atoms with E-state index in [9.17, 15) is 8.42 Å². The first-order valence-corrected chi connectivity index (χ1v) is 14.2. The van der Waals surface area contributed by atoms with E-state index in [1.54, 1.807) is 26.0 Å². The van der Waals surface area contributed by atoms with Crippen molar-refractivity contribution >= 4 is 15.8 Å². The average molecular weight is 510 g/mol. The molecule has 0 saturated heterocycles. The number of aryl methyl sites for hydroxylation is 1. The molecule has 1 aromatic heterocycles. The number of aromatic nitrogens is 1. The van der Waals surface area contributed by atoms with Crippen LogP contribution in [-0.2, 0) is 16.6 Å². The molecule has 6 nitrogen and oxygen atoms in total. The third kappa shape index (κ3) is 6.08. The number of benzene rings is 2. The molecule has 36 heavy (non-hydrogen) atoms. The van der Waals surface area contributed by atoms with Crippen molar-refractivity contribution in [1.29, 1.82) is 0 Å². The minimum Gasteiger partial charge on any atom is -0.359 e. The predicted molar refractivity (Wildman–Crippen MR) is 148 cm³/mol. The second kappa shape index (κ2) is 12.4. The van der Waals surface area contributed by atoms with Crippen molar-refractivity contribution in [3.63, 3.8) is 0 Å². The lowest BCUT2D eigenvalue weighted by molar-refractivity contribution is 0.399. The van der Waals surface area contributed by atoms with Gasteiger partial charge in [0.15, 0.2) is 5.82 Å². The zero-order chi connectivity index (χ0) is 26.3. The summed E-state index contributed by atoms with van der Waals surface area (Å²) in [6.07, 6.45) is 7.96. The SMILES string of the molecule is C=CC(CCCCCC)c1ccc(-c2ccccc2S(=O)(=O)Nc2noc(C)c2C)c(CNC)c1C. The van der Waals surface area contributed by atoms with Gasteiger partial charge in [0.1, 0.15) is 5.76 Å². The topological polar surface area (TPSA) is 84.2 Å². The fourth-order valence-electron chi connectivity index (χ4n) is 4.64. The zero-order valence-electron chi connectivity index (χ0n) is 22.1. The Kier molecular flexibility index (Phi) is 9.51. The van der Waals surface area contributed by atoms with E-state index in [0.29, 0.717) is 23.4 Å². The fourth-order valence-corrected chi connectivity index (χ4v) is 5.92. The van der Waals surface area contributed by atoms with Gasteiger partial charge in [-0.3, -0.25) is 4.72 Å². The minimum atomic E-state index is -3.90. The summed E-state index contributed by atoms with van der Waals surface area (Å²) in [5.74, 6) is 1.06. The first-order chi connectivity index (χ1) is 17.2. The van der Waals surface area contributed by atoms with Crippen LogP contribution in [0.1, 0.15) is 73.0 Å². The van der Waals surface area contributed by atoms with E-state index in [4.69, 9.17) is 4.52 Å². The Bertz CT molecular complexity index is 1300. The quantitative estimate of drug-likeness (QED) is 0.191. The molecule has 0 bridgehead atoms. The lowest BCUT2D eigenvalue weighted by Crippen LogP contribution is -2.16. The number of nitrogens with one attached hydrogen (secondary N) is 2. The highest BCUT2D eigenvalue weighted by atomic mass is 32.2. The van der Waals surface area contributed by atoms with Crippen LogP contribution >= 0.6 is 0 Å². The monoisotopic (exact) mass is 509 g/mol. The minimum absolute atomic E-state index is 0.203. The molecule has 0 radical (unpaired) electrons. The van der Waals surface area contributed by atoms with Crippen LogP contribution in [0.3, 0.4) is 0 Å². The van der Waals surface area contributed by atoms with E-state index in [-0.39, 0.29) is 16.6 Å². The Morgan fingerprint density at radius 2 is 1.78 bits per heavy atom. The molecule has 7 heteroatoms. The van der Waals surface area contributed by atoms with Crippen LogP contribution in [0.5, 0.6) is 0 Å². The molecule has 0 aliphatic heterocycles. The number of hydrogen-bond acceptors (Lipinski definition) is 5. The van der Waals surface area contributed by atoms with Gasteiger partial charge in [0, 0.05) is 23.6 Å². The lowest BCUT2D eigenvalue weighted by atomic mass is 9.85. The molecule has 0 fully saturated rings. The standard InChI is InChI=1S/C29H39N3O3S/c1-7-9-10-11-14-23(8-2)24-17-18-25(27(19-30-6)21(24)4)26-15-12-13-16-28(26)36(33,34)32-29-20(3)22(5)35-31-29/h8,12-13,15-18,23,30H,2,7,9-11,14,19H2,1,3-6H3,(H,31,32). The largest absolute Gasteiger partial charge is 0.359 e. The highest BCUT2D eigenvalue weighted by Crippen LogP contribution is 2.37. The van der Waals surface area contributed by atoms with Gasteiger partial charge in [0.2, 0.25) is 0 Å². The normalized spacial score (nSPS) is 12.5. The van der Waals surface area contributed by atoms with Crippen molar-refractivity contribution in [2.24, 2.45) is 0 Å². The molecule has 0 aliphatic carbocycles.